The first-order chi connectivity index (χ1) is 10.6. The van der Waals surface area contributed by atoms with Crippen molar-refractivity contribution in [2.45, 2.75) is 12.3 Å². The Balaban J connectivity index is 2.12. The maximum Gasteiger partial charge on any atom is 0.142 e. The monoisotopic (exact) mass is 333 g/mol. The molecular formula is C16H13Cl2N3O. The molecule has 2 N–H and O–H groups in total. The second kappa shape index (κ2) is 6.13. The predicted octanol–water partition coefficient (Wildman–Crippen LogP) is 4.01. The minimum Gasteiger partial charge on any atom is -0.383 e. The normalized spacial score (nSPS) is 17.4. The fourth-order valence-electron chi connectivity index (χ4n) is 2.61. The van der Waals surface area contributed by atoms with Crippen LogP contribution in [0.1, 0.15) is 23.5 Å². The highest BCUT2D eigenvalue weighted by molar-refractivity contribution is 6.42. The van der Waals surface area contributed by atoms with Crippen LogP contribution in [0.2, 0.25) is 10.0 Å². The second-order valence-electron chi connectivity index (χ2n) is 5.16. The van der Waals surface area contributed by atoms with Gasteiger partial charge in [0.15, 0.2) is 0 Å². The molecule has 1 saturated heterocycles. The standard InChI is InChI=1S/C16H13Cl2N3O/c17-13-2-1-9(5-14(13)18)15-6-11(10-3-4-22-8-10)12(7-19)16(20)21-15/h1-2,5-6,10H,3-4,8H2,(H2,20,21)/t10-/m0/s1. The van der Waals surface area contributed by atoms with Crippen molar-refractivity contribution in [1.29, 1.82) is 5.26 Å². The highest BCUT2D eigenvalue weighted by atomic mass is 35.5. The summed E-state index contributed by atoms with van der Waals surface area (Å²) in [6.07, 6.45) is 0.874. The molecule has 0 saturated carbocycles. The van der Waals surface area contributed by atoms with Crippen molar-refractivity contribution in [2.24, 2.45) is 0 Å². The van der Waals surface area contributed by atoms with Crippen LogP contribution in [0.3, 0.4) is 0 Å². The van der Waals surface area contributed by atoms with Crippen LogP contribution < -0.4 is 5.73 Å². The summed E-state index contributed by atoms with van der Waals surface area (Å²) in [6, 6.07) is 9.34. The molecule has 1 aromatic heterocycles. The van der Waals surface area contributed by atoms with Crippen LogP contribution in [0.5, 0.6) is 0 Å². The molecule has 0 spiro atoms. The average molecular weight is 334 g/mol. The molecule has 2 aromatic rings. The van der Waals surface area contributed by atoms with E-state index in [0.717, 1.165) is 17.5 Å². The summed E-state index contributed by atoms with van der Waals surface area (Å²) in [5, 5.41) is 10.3. The summed E-state index contributed by atoms with van der Waals surface area (Å²) >= 11 is 12.0. The van der Waals surface area contributed by atoms with Gasteiger partial charge in [0.05, 0.1) is 27.9 Å². The van der Waals surface area contributed by atoms with Crippen LogP contribution in [0.4, 0.5) is 5.82 Å². The minimum atomic E-state index is 0.168. The lowest BCUT2D eigenvalue weighted by molar-refractivity contribution is 0.194. The SMILES string of the molecule is N#Cc1c([C@H]2CCOC2)cc(-c2ccc(Cl)c(Cl)c2)nc1N. The first kappa shape index (κ1) is 15.1. The van der Waals surface area contributed by atoms with E-state index in [9.17, 15) is 5.26 Å². The van der Waals surface area contributed by atoms with Crippen LogP contribution in [-0.4, -0.2) is 18.2 Å². The molecule has 1 aliphatic heterocycles. The van der Waals surface area contributed by atoms with Crippen LogP contribution in [0.25, 0.3) is 11.3 Å². The molecule has 0 unspecified atom stereocenters. The number of nitrogens with two attached hydrogens (primary N) is 1. The van der Waals surface area contributed by atoms with Gasteiger partial charge in [0.2, 0.25) is 0 Å². The number of anilines is 1. The number of nitrogens with zero attached hydrogens (tertiary/aromatic N) is 2. The van der Waals surface area contributed by atoms with E-state index in [2.05, 4.69) is 11.1 Å². The van der Waals surface area contributed by atoms with E-state index in [1.54, 1.807) is 12.1 Å². The van der Waals surface area contributed by atoms with E-state index >= 15 is 0 Å². The maximum absolute atomic E-state index is 9.35. The molecule has 6 heteroatoms. The Hall–Kier alpha value is -1.80. The number of nitriles is 1. The number of hydrogen-bond acceptors (Lipinski definition) is 4. The van der Waals surface area contributed by atoms with Crippen LogP contribution in [0.15, 0.2) is 24.3 Å². The lowest BCUT2D eigenvalue weighted by Gasteiger charge is -2.14. The van der Waals surface area contributed by atoms with Crippen molar-refractivity contribution in [3.05, 3.63) is 45.4 Å². The topological polar surface area (TPSA) is 71.9 Å². The fraction of sp³-hybridized carbons (Fsp3) is 0.250. The van der Waals surface area contributed by atoms with Crippen LogP contribution >= 0.6 is 23.2 Å². The molecule has 4 nitrogen and oxygen atoms in total. The predicted molar refractivity (Wildman–Crippen MR) is 87.0 cm³/mol. The molecule has 112 valence electrons. The van der Waals surface area contributed by atoms with Crippen molar-refractivity contribution in [3.8, 4) is 17.3 Å². The number of nitrogen functional groups attached to an aromatic ring is 1. The molecule has 1 aromatic carbocycles. The summed E-state index contributed by atoms with van der Waals surface area (Å²) in [7, 11) is 0. The second-order valence-corrected chi connectivity index (χ2v) is 5.97. The lowest BCUT2D eigenvalue weighted by atomic mass is 9.93. The highest BCUT2D eigenvalue weighted by Crippen LogP contribution is 2.34. The van der Waals surface area contributed by atoms with Crippen molar-refractivity contribution >= 4 is 29.0 Å². The van der Waals surface area contributed by atoms with Crippen molar-refractivity contribution in [1.82, 2.24) is 4.98 Å². The summed E-state index contributed by atoms with van der Waals surface area (Å²) in [5.41, 5.74) is 8.77. The van der Waals surface area contributed by atoms with Gasteiger partial charge in [-0.25, -0.2) is 4.98 Å². The molecule has 0 aliphatic carbocycles. The lowest BCUT2D eigenvalue weighted by Crippen LogP contribution is -2.06. The van der Waals surface area contributed by atoms with E-state index in [-0.39, 0.29) is 11.7 Å². The van der Waals surface area contributed by atoms with Crippen molar-refractivity contribution in [2.75, 3.05) is 18.9 Å². The number of halogens is 2. The first-order valence-electron chi connectivity index (χ1n) is 6.84. The maximum atomic E-state index is 9.35. The summed E-state index contributed by atoms with van der Waals surface area (Å²) in [4.78, 5) is 4.33. The molecule has 0 radical (unpaired) electrons. The Morgan fingerprint density at radius 1 is 1.27 bits per heavy atom. The van der Waals surface area contributed by atoms with Gasteiger partial charge in [-0.2, -0.15) is 5.26 Å². The molecule has 1 atom stereocenters. The Bertz CT molecular complexity index is 765. The Morgan fingerprint density at radius 2 is 2.09 bits per heavy atom. The minimum absolute atomic E-state index is 0.168. The molecule has 2 heterocycles. The average Bonchev–Trinajstić information content (AvgIpc) is 3.03. The summed E-state index contributed by atoms with van der Waals surface area (Å²) in [5.74, 6) is 0.398. The number of ether oxygens (including phenoxy) is 1. The Kier molecular flexibility index (Phi) is 4.21. The molecule has 1 aliphatic rings. The fourth-order valence-corrected chi connectivity index (χ4v) is 2.91. The van der Waals surface area contributed by atoms with Gasteiger partial charge in [-0.3, -0.25) is 0 Å². The third-order valence-electron chi connectivity index (χ3n) is 3.77. The smallest absolute Gasteiger partial charge is 0.142 e. The largest absolute Gasteiger partial charge is 0.383 e. The molecular weight excluding hydrogens is 321 g/mol. The van der Waals surface area contributed by atoms with Crippen LogP contribution in [-0.2, 0) is 4.74 Å². The van der Waals surface area contributed by atoms with Gasteiger partial charge in [0, 0.05) is 18.1 Å². The van der Waals surface area contributed by atoms with Gasteiger partial charge < -0.3 is 10.5 Å². The highest BCUT2D eigenvalue weighted by Gasteiger charge is 2.23. The molecule has 3 rings (SSSR count). The molecule has 0 amide bonds. The van der Waals surface area contributed by atoms with Gasteiger partial charge in [-0.15, -0.1) is 0 Å². The van der Waals surface area contributed by atoms with Gasteiger partial charge in [-0.1, -0.05) is 29.3 Å². The quantitative estimate of drug-likeness (QED) is 0.900. The summed E-state index contributed by atoms with van der Waals surface area (Å²) in [6.45, 7) is 1.29. The zero-order valence-electron chi connectivity index (χ0n) is 11.6. The third kappa shape index (κ3) is 2.76. The van der Waals surface area contributed by atoms with E-state index in [4.69, 9.17) is 33.7 Å². The van der Waals surface area contributed by atoms with Crippen molar-refractivity contribution in [3.63, 3.8) is 0 Å². The Labute approximate surface area is 138 Å². The summed E-state index contributed by atoms with van der Waals surface area (Å²) < 4.78 is 5.42. The zero-order chi connectivity index (χ0) is 15.7. The van der Waals surface area contributed by atoms with Gasteiger partial charge in [0.1, 0.15) is 11.9 Å². The number of benzene rings is 1. The Morgan fingerprint density at radius 3 is 2.73 bits per heavy atom. The molecule has 1 fully saturated rings. The number of pyridine rings is 1. The van der Waals surface area contributed by atoms with E-state index in [1.165, 1.54) is 0 Å². The number of aromatic nitrogens is 1. The molecule has 22 heavy (non-hydrogen) atoms. The van der Waals surface area contributed by atoms with E-state index < -0.39 is 0 Å². The van der Waals surface area contributed by atoms with Gasteiger partial charge in [0.25, 0.3) is 0 Å². The number of rotatable bonds is 2. The van der Waals surface area contributed by atoms with Crippen LogP contribution in [0, 0.1) is 11.3 Å². The van der Waals surface area contributed by atoms with E-state index in [0.29, 0.717) is 34.5 Å². The first-order valence-corrected chi connectivity index (χ1v) is 7.59. The third-order valence-corrected chi connectivity index (χ3v) is 4.51. The van der Waals surface area contributed by atoms with Gasteiger partial charge >= 0.3 is 0 Å². The number of hydrogen-bond donors (Lipinski definition) is 1. The van der Waals surface area contributed by atoms with E-state index in [1.807, 2.05) is 12.1 Å². The molecule has 0 bridgehead atoms. The zero-order valence-corrected chi connectivity index (χ0v) is 13.2. The van der Waals surface area contributed by atoms with Gasteiger partial charge in [-0.05, 0) is 30.2 Å². The van der Waals surface area contributed by atoms with Crippen molar-refractivity contribution < 1.29 is 4.74 Å².